The highest BCUT2D eigenvalue weighted by Gasteiger charge is 2.08. The van der Waals surface area contributed by atoms with Crippen LogP contribution in [0.15, 0.2) is 12.2 Å². The van der Waals surface area contributed by atoms with Crippen molar-refractivity contribution < 1.29 is 9.53 Å². The van der Waals surface area contributed by atoms with Crippen LogP contribution in [0.3, 0.4) is 0 Å². The Morgan fingerprint density at radius 1 is 1.75 bits per heavy atom. The van der Waals surface area contributed by atoms with E-state index in [2.05, 4.69) is 6.58 Å². The maximum Gasteiger partial charge on any atom is 0.348 e. The van der Waals surface area contributed by atoms with Crippen LogP contribution in [0, 0.1) is 17.2 Å². The van der Waals surface area contributed by atoms with E-state index in [-0.39, 0.29) is 5.57 Å². The van der Waals surface area contributed by atoms with Crippen molar-refractivity contribution in [3.63, 3.8) is 0 Å². The molecule has 0 aromatic rings. The summed E-state index contributed by atoms with van der Waals surface area (Å²) in [5, 5.41) is 8.28. The van der Waals surface area contributed by atoms with Gasteiger partial charge in [0.05, 0.1) is 6.61 Å². The van der Waals surface area contributed by atoms with Gasteiger partial charge in [0.25, 0.3) is 0 Å². The largest absolute Gasteiger partial charge is 0.461 e. The SMILES string of the molecule is C=C(C#N)C(=O)OCC(C)CC. The molecule has 0 fully saturated rings. The van der Waals surface area contributed by atoms with E-state index in [9.17, 15) is 4.79 Å². The highest BCUT2D eigenvalue weighted by molar-refractivity contribution is 5.91. The van der Waals surface area contributed by atoms with Crippen molar-refractivity contribution in [3.05, 3.63) is 12.2 Å². The molecule has 0 bridgehead atoms. The third-order valence-corrected chi connectivity index (χ3v) is 1.58. The first-order valence-corrected chi connectivity index (χ1v) is 3.88. The van der Waals surface area contributed by atoms with Gasteiger partial charge in [-0.05, 0) is 5.92 Å². The Kier molecular flexibility index (Phi) is 4.78. The van der Waals surface area contributed by atoms with Crippen molar-refractivity contribution in [2.24, 2.45) is 5.92 Å². The van der Waals surface area contributed by atoms with Gasteiger partial charge in [0, 0.05) is 0 Å². The van der Waals surface area contributed by atoms with Crippen molar-refractivity contribution in [2.75, 3.05) is 6.61 Å². The molecule has 0 saturated carbocycles. The maximum absolute atomic E-state index is 10.9. The molecule has 1 atom stereocenters. The summed E-state index contributed by atoms with van der Waals surface area (Å²) in [6, 6.07) is 1.64. The van der Waals surface area contributed by atoms with Crippen LogP contribution in [0.5, 0.6) is 0 Å². The molecule has 3 heteroatoms. The van der Waals surface area contributed by atoms with Crippen LogP contribution in [0.4, 0.5) is 0 Å². The first-order valence-electron chi connectivity index (χ1n) is 3.88. The molecular weight excluding hydrogens is 154 g/mol. The van der Waals surface area contributed by atoms with E-state index in [0.717, 1.165) is 6.42 Å². The lowest BCUT2D eigenvalue weighted by Crippen LogP contribution is -2.12. The Morgan fingerprint density at radius 2 is 2.33 bits per heavy atom. The molecule has 3 nitrogen and oxygen atoms in total. The summed E-state index contributed by atoms with van der Waals surface area (Å²) in [5.41, 5.74) is -0.140. The van der Waals surface area contributed by atoms with E-state index in [4.69, 9.17) is 10.00 Å². The first-order chi connectivity index (χ1) is 5.61. The van der Waals surface area contributed by atoms with Crippen LogP contribution in [0.2, 0.25) is 0 Å². The fourth-order valence-electron chi connectivity index (χ4n) is 0.469. The number of nitrogens with zero attached hydrogens (tertiary/aromatic N) is 1. The highest BCUT2D eigenvalue weighted by Crippen LogP contribution is 2.02. The van der Waals surface area contributed by atoms with Crippen LogP contribution in [0.1, 0.15) is 20.3 Å². The molecule has 1 unspecified atom stereocenters. The Bertz CT molecular complexity index is 215. The summed E-state index contributed by atoms with van der Waals surface area (Å²) >= 11 is 0. The molecule has 0 rings (SSSR count). The van der Waals surface area contributed by atoms with Crippen LogP contribution in [-0.4, -0.2) is 12.6 Å². The summed E-state index contributed by atoms with van der Waals surface area (Å²) in [6.07, 6.45) is 0.951. The summed E-state index contributed by atoms with van der Waals surface area (Å²) in [6.45, 7) is 7.58. The highest BCUT2D eigenvalue weighted by atomic mass is 16.5. The Balaban J connectivity index is 3.74. The lowest BCUT2D eigenvalue weighted by molar-refractivity contribution is -0.139. The van der Waals surface area contributed by atoms with Gasteiger partial charge in [-0.15, -0.1) is 0 Å². The zero-order valence-corrected chi connectivity index (χ0v) is 7.46. The van der Waals surface area contributed by atoms with E-state index >= 15 is 0 Å². The van der Waals surface area contributed by atoms with E-state index in [1.165, 1.54) is 0 Å². The smallest absolute Gasteiger partial charge is 0.348 e. The molecule has 12 heavy (non-hydrogen) atoms. The van der Waals surface area contributed by atoms with Crippen LogP contribution >= 0.6 is 0 Å². The molecule has 0 saturated heterocycles. The van der Waals surface area contributed by atoms with E-state index < -0.39 is 5.97 Å². The van der Waals surface area contributed by atoms with Crippen LogP contribution in [-0.2, 0) is 9.53 Å². The van der Waals surface area contributed by atoms with Gasteiger partial charge in [-0.3, -0.25) is 0 Å². The number of esters is 1. The molecule has 0 aliphatic heterocycles. The lowest BCUT2D eigenvalue weighted by Gasteiger charge is -2.07. The zero-order chi connectivity index (χ0) is 9.56. The molecule has 66 valence electrons. The molecule has 0 amide bonds. The number of ether oxygens (including phenoxy) is 1. The number of hydrogen-bond acceptors (Lipinski definition) is 3. The summed E-state index contributed by atoms with van der Waals surface area (Å²) < 4.78 is 4.79. The summed E-state index contributed by atoms with van der Waals surface area (Å²) in [5.74, 6) is -0.279. The van der Waals surface area contributed by atoms with Gasteiger partial charge in [-0.2, -0.15) is 5.26 Å². The maximum atomic E-state index is 10.9. The van der Waals surface area contributed by atoms with E-state index in [1.54, 1.807) is 6.07 Å². The number of carbonyl (C=O) groups excluding carboxylic acids is 1. The van der Waals surface area contributed by atoms with Gasteiger partial charge in [0.1, 0.15) is 11.6 Å². The third kappa shape index (κ3) is 3.77. The second-order valence-corrected chi connectivity index (χ2v) is 2.70. The quantitative estimate of drug-likeness (QED) is 0.363. The van der Waals surface area contributed by atoms with Gasteiger partial charge < -0.3 is 4.74 Å². The molecule has 0 spiro atoms. The first kappa shape index (κ1) is 10.7. The molecule has 0 aliphatic rings. The fourth-order valence-corrected chi connectivity index (χ4v) is 0.469. The second-order valence-electron chi connectivity index (χ2n) is 2.70. The predicted molar refractivity (Wildman–Crippen MR) is 45.2 cm³/mol. The minimum atomic E-state index is -0.613. The number of hydrogen-bond donors (Lipinski definition) is 0. The molecular formula is C9H13NO2. The number of carbonyl (C=O) groups is 1. The minimum Gasteiger partial charge on any atom is -0.461 e. The fraction of sp³-hybridized carbons (Fsp3) is 0.556. The average molecular weight is 167 g/mol. The topological polar surface area (TPSA) is 50.1 Å². The molecule has 0 aromatic carbocycles. The van der Waals surface area contributed by atoms with Gasteiger partial charge in [-0.1, -0.05) is 26.8 Å². The molecule has 0 radical (unpaired) electrons. The van der Waals surface area contributed by atoms with Crippen LogP contribution < -0.4 is 0 Å². The Labute approximate surface area is 72.6 Å². The molecule has 0 aromatic heterocycles. The average Bonchev–Trinajstić information content (AvgIpc) is 2.11. The Hall–Kier alpha value is -1.30. The summed E-state index contributed by atoms with van der Waals surface area (Å²) in [7, 11) is 0. The Morgan fingerprint density at radius 3 is 2.75 bits per heavy atom. The van der Waals surface area contributed by atoms with Crippen LogP contribution in [0.25, 0.3) is 0 Å². The number of nitriles is 1. The van der Waals surface area contributed by atoms with E-state index in [1.807, 2.05) is 13.8 Å². The third-order valence-electron chi connectivity index (χ3n) is 1.58. The van der Waals surface area contributed by atoms with Crippen molar-refractivity contribution in [3.8, 4) is 6.07 Å². The minimum absolute atomic E-state index is 0.140. The molecule has 0 heterocycles. The lowest BCUT2D eigenvalue weighted by atomic mass is 10.1. The zero-order valence-electron chi connectivity index (χ0n) is 7.46. The molecule has 0 aliphatic carbocycles. The van der Waals surface area contributed by atoms with E-state index in [0.29, 0.717) is 12.5 Å². The van der Waals surface area contributed by atoms with Crippen molar-refractivity contribution in [1.29, 1.82) is 5.26 Å². The normalized spacial score (nSPS) is 11.4. The van der Waals surface area contributed by atoms with Crippen molar-refractivity contribution in [1.82, 2.24) is 0 Å². The monoisotopic (exact) mass is 167 g/mol. The standard InChI is InChI=1S/C9H13NO2/c1-4-7(2)6-12-9(11)8(3)5-10/h7H,3-4,6H2,1-2H3. The van der Waals surface area contributed by atoms with Gasteiger partial charge >= 0.3 is 5.97 Å². The molecule has 0 N–H and O–H groups in total. The second kappa shape index (κ2) is 5.36. The van der Waals surface area contributed by atoms with Crippen molar-refractivity contribution >= 4 is 5.97 Å². The summed E-state index contributed by atoms with van der Waals surface area (Å²) in [4.78, 5) is 10.9. The number of rotatable bonds is 4. The predicted octanol–water partition coefficient (Wildman–Crippen LogP) is 1.66. The van der Waals surface area contributed by atoms with Crippen molar-refractivity contribution in [2.45, 2.75) is 20.3 Å². The van der Waals surface area contributed by atoms with Gasteiger partial charge in [-0.25, -0.2) is 4.79 Å². The van der Waals surface area contributed by atoms with Gasteiger partial charge in [0.2, 0.25) is 0 Å². The van der Waals surface area contributed by atoms with Gasteiger partial charge in [0.15, 0.2) is 0 Å².